The molecule has 4 rings (SSSR count). The van der Waals surface area contributed by atoms with Crippen molar-refractivity contribution in [1.82, 2.24) is 29.9 Å². The summed E-state index contributed by atoms with van der Waals surface area (Å²) < 4.78 is 22.2. The minimum atomic E-state index is -0.760. The molecule has 1 aliphatic carbocycles. The number of ether oxygens (including phenoxy) is 1. The van der Waals surface area contributed by atoms with Crippen LogP contribution < -0.4 is 16.2 Å². The Bertz CT molecular complexity index is 1340. The van der Waals surface area contributed by atoms with Crippen molar-refractivity contribution in [3.8, 4) is 0 Å². The van der Waals surface area contributed by atoms with E-state index in [0.717, 1.165) is 37.9 Å². The highest BCUT2D eigenvalue weighted by atomic mass is 19.1. The Kier molecular flexibility index (Phi) is 8.95. The van der Waals surface area contributed by atoms with Crippen LogP contribution >= 0.6 is 0 Å². The molecule has 3 N–H and O–H groups in total. The molecule has 0 spiro atoms. The molecule has 1 fully saturated rings. The fourth-order valence-electron chi connectivity index (χ4n) is 5.12. The second kappa shape index (κ2) is 12.4. The summed E-state index contributed by atoms with van der Waals surface area (Å²) in [6.45, 7) is 6.12. The van der Waals surface area contributed by atoms with Gasteiger partial charge in [0.05, 0.1) is 18.5 Å². The van der Waals surface area contributed by atoms with Crippen molar-refractivity contribution in [2.24, 2.45) is 11.8 Å². The summed E-state index contributed by atoms with van der Waals surface area (Å²) in [5, 5.41) is 14.4. The third kappa shape index (κ3) is 6.62. The Morgan fingerprint density at radius 1 is 1.23 bits per heavy atom. The van der Waals surface area contributed by atoms with E-state index in [2.05, 4.69) is 32.7 Å². The third-order valence-corrected chi connectivity index (χ3v) is 7.26. The lowest BCUT2D eigenvalue weighted by Crippen LogP contribution is -2.49. The van der Waals surface area contributed by atoms with Gasteiger partial charge in [-0.15, -0.1) is 0 Å². The Balaban J connectivity index is 1.55. The molecule has 39 heavy (non-hydrogen) atoms. The molecule has 1 saturated carbocycles. The first-order chi connectivity index (χ1) is 18.7. The van der Waals surface area contributed by atoms with E-state index in [-0.39, 0.29) is 35.9 Å². The van der Waals surface area contributed by atoms with Gasteiger partial charge in [0, 0.05) is 37.3 Å². The normalized spacial score (nSPS) is 19.0. The highest BCUT2D eigenvalue weighted by Crippen LogP contribution is 2.31. The Morgan fingerprint density at radius 2 is 1.97 bits per heavy atom. The summed E-state index contributed by atoms with van der Waals surface area (Å²) in [5.41, 5.74) is 0.447. The first-order valence-electron chi connectivity index (χ1n) is 13.2. The van der Waals surface area contributed by atoms with Crippen LogP contribution in [0.1, 0.15) is 74.6 Å². The highest BCUT2D eigenvalue weighted by Gasteiger charge is 2.34. The highest BCUT2D eigenvalue weighted by molar-refractivity contribution is 6.00. The molecule has 3 aromatic heterocycles. The second-order valence-electron chi connectivity index (χ2n) is 10.5. The van der Waals surface area contributed by atoms with Crippen molar-refractivity contribution in [2.45, 2.75) is 64.6 Å². The molecule has 210 valence electrons. The molecule has 2 unspecified atom stereocenters. The van der Waals surface area contributed by atoms with E-state index in [1.54, 1.807) is 23.1 Å². The first kappa shape index (κ1) is 28.2. The van der Waals surface area contributed by atoms with Crippen molar-refractivity contribution < 1.29 is 18.7 Å². The lowest BCUT2D eigenvalue weighted by atomic mass is 9.79. The van der Waals surface area contributed by atoms with Gasteiger partial charge in [-0.3, -0.25) is 23.7 Å². The Labute approximate surface area is 226 Å². The number of halogens is 1. The van der Waals surface area contributed by atoms with Gasteiger partial charge < -0.3 is 20.4 Å². The van der Waals surface area contributed by atoms with Gasteiger partial charge in [-0.2, -0.15) is 10.2 Å². The van der Waals surface area contributed by atoms with E-state index >= 15 is 0 Å². The van der Waals surface area contributed by atoms with Gasteiger partial charge in [0.15, 0.2) is 0 Å². The number of amides is 2. The van der Waals surface area contributed by atoms with E-state index in [9.17, 15) is 18.8 Å². The number of nitrogens with one attached hydrogen (secondary N) is 3. The number of methoxy groups -OCH3 is 1. The molecular weight excluding hydrogens is 505 g/mol. The smallest absolute Gasteiger partial charge is 0.270 e. The number of carbonyl (C=O) groups is 2. The predicted octanol–water partition coefficient (Wildman–Crippen LogP) is 3.29. The fraction of sp³-hybridized carbons (Fsp3) is 0.519. The van der Waals surface area contributed by atoms with Crippen LogP contribution in [0.25, 0.3) is 0 Å². The van der Waals surface area contributed by atoms with Crippen LogP contribution in [-0.4, -0.2) is 56.1 Å². The molecule has 0 aliphatic heterocycles. The molecule has 0 bridgehead atoms. The van der Waals surface area contributed by atoms with Gasteiger partial charge in [0.2, 0.25) is 5.91 Å². The summed E-state index contributed by atoms with van der Waals surface area (Å²) in [6, 6.07) is 1.29. The van der Waals surface area contributed by atoms with Crippen LogP contribution in [0.4, 0.5) is 10.1 Å². The van der Waals surface area contributed by atoms with Crippen LogP contribution in [0, 0.1) is 17.7 Å². The molecule has 12 heteroatoms. The van der Waals surface area contributed by atoms with E-state index in [4.69, 9.17) is 4.74 Å². The number of anilines is 1. The van der Waals surface area contributed by atoms with E-state index in [1.807, 2.05) is 13.8 Å². The van der Waals surface area contributed by atoms with Gasteiger partial charge >= 0.3 is 0 Å². The maximum absolute atomic E-state index is 13.9. The summed E-state index contributed by atoms with van der Waals surface area (Å²) in [6.07, 6.45) is 9.16. The summed E-state index contributed by atoms with van der Waals surface area (Å²) in [4.78, 5) is 41.5. The van der Waals surface area contributed by atoms with Crippen LogP contribution in [0.3, 0.4) is 0 Å². The van der Waals surface area contributed by atoms with Gasteiger partial charge in [0.1, 0.15) is 23.6 Å². The van der Waals surface area contributed by atoms with Crippen molar-refractivity contribution in [3.05, 3.63) is 64.3 Å². The van der Waals surface area contributed by atoms with Crippen molar-refractivity contribution in [3.63, 3.8) is 0 Å². The monoisotopic (exact) mass is 541 g/mol. The summed E-state index contributed by atoms with van der Waals surface area (Å²) in [5.74, 6) is -0.760. The molecule has 0 radical (unpaired) electrons. The molecule has 11 nitrogen and oxygen atoms in total. The van der Waals surface area contributed by atoms with Gasteiger partial charge in [-0.1, -0.05) is 19.8 Å². The molecule has 3 heterocycles. The number of hydrogen-bond acceptors (Lipinski definition) is 6. The van der Waals surface area contributed by atoms with Crippen LogP contribution in [0.5, 0.6) is 0 Å². The quantitative estimate of drug-likeness (QED) is 0.360. The number of hydrogen-bond donors (Lipinski definition) is 3. The summed E-state index contributed by atoms with van der Waals surface area (Å²) >= 11 is 0. The Morgan fingerprint density at radius 3 is 2.67 bits per heavy atom. The molecule has 3 aromatic rings. The minimum Gasteiger partial charge on any atom is -0.382 e. The van der Waals surface area contributed by atoms with Crippen molar-refractivity contribution in [2.75, 3.05) is 19.0 Å². The molecule has 2 atom stereocenters. The molecule has 0 saturated heterocycles. The van der Waals surface area contributed by atoms with Gasteiger partial charge in [-0.25, -0.2) is 4.39 Å². The average molecular weight is 542 g/mol. The zero-order valence-electron chi connectivity index (χ0n) is 22.7. The van der Waals surface area contributed by atoms with Crippen LogP contribution in [0.15, 0.2) is 41.7 Å². The standard InChI is InChI=1S/C27H36FN7O4/c1-16(2)35-22(9-10-30-35)26(37)33-24(18-7-5-17(3)6-8-18)27(38)32-20-13-31-34(14-20)23(15-39-4)21-11-19(28)12-29-25(21)36/h9-14,16-18,23-24H,5-8,15H2,1-4H3,(H,29,36)(H,32,38)(H,33,37). The number of carbonyl (C=O) groups excluding carboxylic acids is 2. The van der Waals surface area contributed by atoms with Crippen molar-refractivity contribution >= 4 is 17.5 Å². The number of aromatic nitrogens is 5. The summed E-state index contributed by atoms with van der Waals surface area (Å²) in [7, 11) is 1.47. The zero-order chi connectivity index (χ0) is 28.1. The lowest BCUT2D eigenvalue weighted by molar-refractivity contribution is -0.119. The molecular formula is C27H36FN7O4. The largest absolute Gasteiger partial charge is 0.382 e. The van der Waals surface area contributed by atoms with E-state index in [0.29, 0.717) is 17.3 Å². The van der Waals surface area contributed by atoms with Crippen LogP contribution in [0.2, 0.25) is 0 Å². The first-order valence-corrected chi connectivity index (χ1v) is 13.2. The predicted molar refractivity (Wildman–Crippen MR) is 143 cm³/mol. The van der Waals surface area contributed by atoms with Gasteiger partial charge in [0.25, 0.3) is 11.5 Å². The Hall–Kier alpha value is -3.80. The molecule has 2 amide bonds. The number of H-pyrrole nitrogens is 1. The second-order valence-corrected chi connectivity index (χ2v) is 10.5. The van der Waals surface area contributed by atoms with Crippen LogP contribution in [-0.2, 0) is 9.53 Å². The average Bonchev–Trinajstić information content (AvgIpc) is 3.58. The lowest BCUT2D eigenvalue weighted by Gasteiger charge is -2.32. The molecule has 0 aromatic carbocycles. The topological polar surface area (TPSA) is 136 Å². The SMILES string of the molecule is COCC(c1cc(F)c[nH]c1=O)n1cc(NC(=O)C(NC(=O)c2ccnn2C(C)C)C2CCC(C)CC2)cn1. The maximum atomic E-state index is 13.9. The minimum absolute atomic E-state index is 0.0141. The van der Waals surface area contributed by atoms with E-state index in [1.165, 1.54) is 18.0 Å². The zero-order valence-corrected chi connectivity index (χ0v) is 22.7. The fourth-order valence-corrected chi connectivity index (χ4v) is 5.12. The number of rotatable bonds is 10. The number of pyridine rings is 1. The van der Waals surface area contributed by atoms with Gasteiger partial charge in [-0.05, 0) is 50.7 Å². The molecule has 1 aliphatic rings. The number of aromatic amines is 1. The van der Waals surface area contributed by atoms with Crippen molar-refractivity contribution in [1.29, 1.82) is 0 Å². The van der Waals surface area contributed by atoms with E-state index < -0.39 is 23.5 Å². The third-order valence-electron chi connectivity index (χ3n) is 7.26. The maximum Gasteiger partial charge on any atom is 0.270 e. The number of nitrogens with zero attached hydrogens (tertiary/aromatic N) is 4.